The zero-order chi connectivity index (χ0) is 13.9. The Hall–Kier alpha value is -0.950. The molecule has 0 saturated heterocycles. The molecule has 1 heterocycles. The van der Waals surface area contributed by atoms with E-state index in [-0.39, 0.29) is 12.6 Å². The molecule has 1 atom stereocenters. The molecule has 0 fully saturated rings. The van der Waals surface area contributed by atoms with E-state index in [1.165, 1.54) is 9.87 Å². The lowest BCUT2D eigenvalue weighted by atomic mass is 10.0. The van der Waals surface area contributed by atoms with Crippen LogP contribution in [0.3, 0.4) is 0 Å². The van der Waals surface area contributed by atoms with Crippen LogP contribution < -0.4 is 10.5 Å². The van der Waals surface area contributed by atoms with Crippen molar-refractivity contribution in [1.82, 2.24) is 9.03 Å². The second-order valence-electron chi connectivity index (χ2n) is 4.87. The van der Waals surface area contributed by atoms with Gasteiger partial charge in [0.25, 0.3) is 10.2 Å². The number of rotatable bonds is 5. The summed E-state index contributed by atoms with van der Waals surface area (Å²) in [6.07, 6.45) is 1.52. The predicted molar refractivity (Wildman–Crippen MR) is 75.7 cm³/mol. The van der Waals surface area contributed by atoms with Crippen molar-refractivity contribution in [2.45, 2.75) is 32.4 Å². The van der Waals surface area contributed by atoms with Gasteiger partial charge in [-0.05, 0) is 24.0 Å². The first-order valence-corrected chi connectivity index (χ1v) is 8.04. The molecular formula is C13H21N3O2S. The van der Waals surface area contributed by atoms with Crippen LogP contribution in [-0.4, -0.2) is 31.9 Å². The third-order valence-electron chi connectivity index (χ3n) is 3.49. The molecule has 19 heavy (non-hydrogen) atoms. The van der Waals surface area contributed by atoms with Gasteiger partial charge in [-0.25, -0.2) is 4.72 Å². The molecule has 1 aliphatic heterocycles. The van der Waals surface area contributed by atoms with Crippen LogP contribution in [0.2, 0.25) is 0 Å². The zero-order valence-corrected chi connectivity index (χ0v) is 12.0. The SMILES string of the molecule is CCC(N)CNS(=O)(=O)N1CCc2ccccc2C1. The second kappa shape index (κ2) is 6.00. The summed E-state index contributed by atoms with van der Waals surface area (Å²) in [4.78, 5) is 0. The lowest BCUT2D eigenvalue weighted by Crippen LogP contribution is -2.46. The summed E-state index contributed by atoms with van der Waals surface area (Å²) in [6.45, 7) is 3.19. The Balaban J connectivity index is 2.03. The Kier molecular flexibility index (Phi) is 4.57. The van der Waals surface area contributed by atoms with E-state index in [1.807, 2.05) is 25.1 Å². The average molecular weight is 283 g/mol. The second-order valence-corrected chi connectivity index (χ2v) is 6.63. The van der Waals surface area contributed by atoms with E-state index in [1.54, 1.807) is 0 Å². The molecule has 1 aliphatic rings. The number of nitrogens with two attached hydrogens (primary N) is 1. The highest BCUT2D eigenvalue weighted by molar-refractivity contribution is 7.87. The highest BCUT2D eigenvalue weighted by atomic mass is 32.2. The molecule has 3 N–H and O–H groups in total. The maximum Gasteiger partial charge on any atom is 0.279 e. The van der Waals surface area contributed by atoms with Crippen LogP contribution in [0.1, 0.15) is 24.5 Å². The Morgan fingerprint density at radius 1 is 1.37 bits per heavy atom. The van der Waals surface area contributed by atoms with E-state index in [0.29, 0.717) is 13.1 Å². The number of fused-ring (bicyclic) bond motifs is 1. The van der Waals surface area contributed by atoms with Gasteiger partial charge < -0.3 is 5.73 Å². The largest absolute Gasteiger partial charge is 0.327 e. The van der Waals surface area contributed by atoms with Crippen LogP contribution in [-0.2, 0) is 23.2 Å². The number of nitrogens with zero attached hydrogens (tertiary/aromatic N) is 1. The quantitative estimate of drug-likeness (QED) is 0.831. The molecule has 1 aromatic carbocycles. The summed E-state index contributed by atoms with van der Waals surface area (Å²) in [5.74, 6) is 0. The van der Waals surface area contributed by atoms with E-state index in [9.17, 15) is 8.42 Å². The molecular weight excluding hydrogens is 262 g/mol. The van der Waals surface area contributed by atoms with Gasteiger partial charge in [0.15, 0.2) is 0 Å². The Morgan fingerprint density at radius 3 is 2.74 bits per heavy atom. The first-order chi connectivity index (χ1) is 9.03. The van der Waals surface area contributed by atoms with Crippen molar-refractivity contribution in [1.29, 1.82) is 0 Å². The topological polar surface area (TPSA) is 75.4 Å². The van der Waals surface area contributed by atoms with Gasteiger partial charge in [0.05, 0.1) is 0 Å². The molecule has 0 bridgehead atoms. The standard InChI is InChI=1S/C13H21N3O2S/c1-2-13(14)9-15-19(17,18)16-8-7-11-5-3-4-6-12(11)10-16/h3-6,13,15H,2,7-10,14H2,1H3. The fourth-order valence-electron chi connectivity index (χ4n) is 2.12. The van der Waals surface area contributed by atoms with E-state index in [4.69, 9.17) is 5.73 Å². The number of nitrogens with one attached hydrogen (secondary N) is 1. The van der Waals surface area contributed by atoms with Crippen molar-refractivity contribution in [3.8, 4) is 0 Å². The van der Waals surface area contributed by atoms with Crippen molar-refractivity contribution in [3.05, 3.63) is 35.4 Å². The summed E-state index contributed by atoms with van der Waals surface area (Å²) in [5, 5.41) is 0. The Morgan fingerprint density at radius 2 is 2.05 bits per heavy atom. The maximum atomic E-state index is 12.2. The number of hydrogen-bond donors (Lipinski definition) is 2. The van der Waals surface area contributed by atoms with Crippen molar-refractivity contribution < 1.29 is 8.42 Å². The van der Waals surface area contributed by atoms with Crippen LogP contribution in [0.15, 0.2) is 24.3 Å². The monoisotopic (exact) mass is 283 g/mol. The number of hydrogen-bond acceptors (Lipinski definition) is 3. The molecule has 0 saturated carbocycles. The first-order valence-electron chi connectivity index (χ1n) is 6.60. The lowest BCUT2D eigenvalue weighted by molar-refractivity contribution is 0.382. The van der Waals surface area contributed by atoms with Crippen molar-refractivity contribution in [2.75, 3.05) is 13.1 Å². The maximum absolute atomic E-state index is 12.2. The van der Waals surface area contributed by atoms with Gasteiger partial charge >= 0.3 is 0 Å². The van der Waals surface area contributed by atoms with Crippen LogP contribution in [0.4, 0.5) is 0 Å². The molecule has 5 nitrogen and oxygen atoms in total. The minimum absolute atomic E-state index is 0.133. The van der Waals surface area contributed by atoms with Gasteiger partial charge in [-0.2, -0.15) is 12.7 Å². The summed E-state index contributed by atoms with van der Waals surface area (Å²) >= 11 is 0. The molecule has 1 unspecified atom stereocenters. The number of benzene rings is 1. The molecule has 0 spiro atoms. The zero-order valence-electron chi connectivity index (χ0n) is 11.2. The van der Waals surface area contributed by atoms with E-state index < -0.39 is 10.2 Å². The summed E-state index contributed by atoms with van der Waals surface area (Å²) in [7, 11) is -3.43. The van der Waals surface area contributed by atoms with E-state index in [0.717, 1.165) is 18.4 Å². The van der Waals surface area contributed by atoms with Crippen molar-refractivity contribution in [2.24, 2.45) is 5.73 Å². The third-order valence-corrected chi connectivity index (χ3v) is 5.01. The fraction of sp³-hybridized carbons (Fsp3) is 0.538. The van der Waals surface area contributed by atoms with E-state index >= 15 is 0 Å². The van der Waals surface area contributed by atoms with Gasteiger partial charge in [0.1, 0.15) is 0 Å². The van der Waals surface area contributed by atoms with Gasteiger partial charge in [0.2, 0.25) is 0 Å². The van der Waals surface area contributed by atoms with Crippen LogP contribution in [0.25, 0.3) is 0 Å². The van der Waals surface area contributed by atoms with Crippen molar-refractivity contribution in [3.63, 3.8) is 0 Å². The molecule has 106 valence electrons. The smallest absolute Gasteiger partial charge is 0.279 e. The predicted octanol–water partition coefficient (Wildman–Crippen LogP) is 0.616. The van der Waals surface area contributed by atoms with Gasteiger partial charge in [-0.15, -0.1) is 0 Å². The molecule has 6 heteroatoms. The van der Waals surface area contributed by atoms with E-state index in [2.05, 4.69) is 10.8 Å². The summed E-state index contributed by atoms with van der Waals surface area (Å²) in [5.41, 5.74) is 8.06. The summed E-state index contributed by atoms with van der Waals surface area (Å²) < 4.78 is 28.4. The van der Waals surface area contributed by atoms with Crippen molar-refractivity contribution >= 4 is 10.2 Å². The summed E-state index contributed by atoms with van der Waals surface area (Å²) in [6, 6.07) is 7.83. The Bertz CT molecular complexity index is 530. The van der Waals surface area contributed by atoms with Gasteiger partial charge in [-0.1, -0.05) is 31.2 Å². The molecule has 0 aliphatic carbocycles. The molecule has 0 radical (unpaired) electrons. The highest BCUT2D eigenvalue weighted by Gasteiger charge is 2.26. The fourth-order valence-corrected chi connectivity index (χ4v) is 3.37. The van der Waals surface area contributed by atoms with Crippen LogP contribution in [0.5, 0.6) is 0 Å². The van der Waals surface area contributed by atoms with Gasteiger partial charge in [0, 0.05) is 25.7 Å². The molecule has 1 aromatic rings. The minimum atomic E-state index is -3.43. The van der Waals surface area contributed by atoms with Gasteiger partial charge in [-0.3, -0.25) is 0 Å². The first kappa shape index (κ1) is 14.5. The minimum Gasteiger partial charge on any atom is -0.327 e. The lowest BCUT2D eigenvalue weighted by Gasteiger charge is -2.28. The molecule has 0 amide bonds. The normalized spacial score (nSPS) is 18.0. The Labute approximate surface area is 115 Å². The molecule has 0 aromatic heterocycles. The third kappa shape index (κ3) is 3.54. The van der Waals surface area contributed by atoms with Crippen LogP contribution in [0, 0.1) is 0 Å². The molecule has 2 rings (SSSR count). The highest BCUT2D eigenvalue weighted by Crippen LogP contribution is 2.20. The van der Waals surface area contributed by atoms with Crippen LogP contribution >= 0.6 is 0 Å². The average Bonchev–Trinajstić information content (AvgIpc) is 2.44.